The summed E-state index contributed by atoms with van der Waals surface area (Å²) in [4.78, 5) is 11.7. The average molecular weight is 296 g/mol. The van der Waals surface area contributed by atoms with Gasteiger partial charge in [-0.1, -0.05) is 6.07 Å². The van der Waals surface area contributed by atoms with Gasteiger partial charge in [-0.2, -0.15) is 0 Å². The fraction of sp³-hybridized carbons (Fsp3) is 0.500. The van der Waals surface area contributed by atoms with E-state index in [1.54, 1.807) is 24.3 Å². The SMILES string of the molecule is Nc1cccc(NC(=O)CCS(=O)CC2CCCO2)c1. The number of anilines is 2. The fourth-order valence-corrected chi connectivity index (χ4v) is 3.37. The van der Waals surface area contributed by atoms with Gasteiger partial charge in [-0.3, -0.25) is 9.00 Å². The lowest BCUT2D eigenvalue weighted by atomic mass is 10.3. The normalized spacial score (nSPS) is 19.7. The maximum absolute atomic E-state index is 11.8. The fourth-order valence-electron chi connectivity index (χ4n) is 2.11. The number of nitrogens with one attached hydrogen (secondary N) is 1. The monoisotopic (exact) mass is 296 g/mol. The molecule has 0 aromatic heterocycles. The van der Waals surface area contributed by atoms with E-state index in [1.807, 2.05) is 0 Å². The van der Waals surface area contributed by atoms with Crippen LogP contribution < -0.4 is 11.1 Å². The van der Waals surface area contributed by atoms with Gasteiger partial charge in [0, 0.05) is 46.7 Å². The van der Waals surface area contributed by atoms with Gasteiger partial charge in [0.1, 0.15) is 0 Å². The summed E-state index contributed by atoms with van der Waals surface area (Å²) in [6.45, 7) is 0.762. The number of nitrogens with two attached hydrogens (primary N) is 1. The quantitative estimate of drug-likeness (QED) is 0.780. The molecule has 2 unspecified atom stereocenters. The van der Waals surface area contributed by atoms with Gasteiger partial charge in [0.15, 0.2) is 0 Å². The van der Waals surface area contributed by atoms with Crippen LogP contribution in [0.5, 0.6) is 0 Å². The smallest absolute Gasteiger partial charge is 0.225 e. The first-order valence-corrected chi connectivity index (χ1v) is 8.24. The lowest BCUT2D eigenvalue weighted by Crippen LogP contribution is -2.20. The van der Waals surface area contributed by atoms with Crippen molar-refractivity contribution in [3.05, 3.63) is 24.3 Å². The van der Waals surface area contributed by atoms with Gasteiger partial charge in [0.2, 0.25) is 5.91 Å². The average Bonchev–Trinajstić information content (AvgIpc) is 2.89. The van der Waals surface area contributed by atoms with Crippen LogP contribution in [0, 0.1) is 0 Å². The number of hydrogen-bond acceptors (Lipinski definition) is 4. The highest BCUT2D eigenvalue weighted by Gasteiger charge is 2.18. The molecule has 2 rings (SSSR count). The minimum absolute atomic E-state index is 0.104. The number of carbonyl (C=O) groups excluding carboxylic acids is 1. The van der Waals surface area contributed by atoms with Crippen molar-refractivity contribution < 1.29 is 13.7 Å². The highest BCUT2D eigenvalue weighted by Crippen LogP contribution is 2.14. The van der Waals surface area contributed by atoms with E-state index in [2.05, 4.69) is 5.32 Å². The summed E-state index contributed by atoms with van der Waals surface area (Å²) in [5.74, 6) is 0.760. The second kappa shape index (κ2) is 7.40. The molecule has 1 aliphatic heterocycles. The Labute approximate surface area is 121 Å². The molecule has 110 valence electrons. The van der Waals surface area contributed by atoms with E-state index < -0.39 is 10.8 Å². The summed E-state index contributed by atoms with van der Waals surface area (Å²) >= 11 is 0. The van der Waals surface area contributed by atoms with E-state index in [1.165, 1.54) is 0 Å². The maximum atomic E-state index is 11.8. The van der Waals surface area contributed by atoms with Crippen molar-refractivity contribution in [2.24, 2.45) is 0 Å². The Morgan fingerprint density at radius 3 is 3.05 bits per heavy atom. The van der Waals surface area contributed by atoms with Crippen molar-refractivity contribution in [1.82, 2.24) is 0 Å². The zero-order valence-corrected chi connectivity index (χ0v) is 12.2. The third-order valence-electron chi connectivity index (χ3n) is 3.12. The van der Waals surface area contributed by atoms with Crippen LogP contribution in [0.2, 0.25) is 0 Å². The molecule has 0 saturated carbocycles. The Morgan fingerprint density at radius 2 is 2.35 bits per heavy atom. The van der Waals surface area contributed by atoms with Crippen molar-refractivity contribution in [2.45, 2.75) is 25.4 Å². The lowest BCUT2D eigenvalue weighted by molar-refractivity contribution is -0.115. The first-order chi connectivity index (χ1) is 9.63. The highest BCUT2D eigenvalue weighted by molar-refractivity contribution is 7.85. The minimum Gasteiger partial charge on any atom is -0.399 e. The molecule has 1 amide bonds. The standard InChI is InChI=1S/C14H20N2O3S/c15-11-3-1-4-12(9-11)16-14(17)6-8-20(18)10-13-5-2-7-19-13/h1,3-4,9,13H,2,5-8,10,15H2,(H,16,17). The van der Waals surface area contributed by atoms with E-state index in [9.17, 15) is 9.00 Å². The van der Waals surface area contributed by atoms with Crippen LogP contribution in [0.4, 0.5) is 11.4 Å². The van der Waals surface area contributed by atoms with Gasteiger partial charge in [-0.05, 0) is 31.0 Å². The second-order valence-electron chi connectivity index (χ2n) is 4.87. The van der Waals surface area contributed by atoms with Crippen molar-refractivity contribution >= 4 is 28.1 Å². The summed E-state index contributed by atoms with van der Waals surface area (Å²) in [5.41, 5.74) is 6.90. The molecule has 1 aromatic carbocycles. The van der Waals surface area contributed by atoms with Crippen LogP contribution in [-0.4, -0.2) is 34.3 Å². The van der Waals surface area contributed by atoms with Crippen molar-refractivity contribution in [3.63, 3.8) is 0 Å². The third-order valence-corrected chi connectivity index (χ3v) is 4.53. The first-order valence-electron chi connectivity index (χ1n) is 6.75. The highest BCUT2D eigenvalue weighted by atomic mass is 32.2. The zero-order valence-electron chi connectivity index (χ0n) is 11.3. The van der Waals surface area contributed by atoms with Gasteiger partial charge in [-0.15, -0.1) is 0 Å². The third kappa shape index (κ3) is 4.94. The summed E-state index contributed by atoms with van der Waals surface area (Å²) in [5, 5.41) is 2.75. The Morgan fingerprint density at radius 1 is 1.50 bits per heavy atom. The Balaban J connectivity index is 1.70. The molecular formula is C14H20N2O3S. The maximum Gasteiger partial charge on any atom is 0.225 e. The number of nitrogen functional groups attached to an aromatic ring is 1. The number of carbonyl (C=O) groups is 1. The van der Waals surface area contributed by atoms with Crippen LogP contribution in [0.15, 0.2) is 24.3 Å². The van der Waals surface area contributed by atoms with E-state index in [0.29, 0.717) is 22.9 Å². The number of amides is 1. The molecular weight excluding hydrogens is 276 g/mol. The minimum atomic E-state index is -1.00. The van der Waals surface area contributed by atoms with Crippen LogP contribution >= 0.6 is 0 Å². The molecule has 0 radical (unpaired) electrons. The van der Waals surface area contributed by atoms with Crippen molar-refractivity contribution in [1.29, 1.82) is 0 Å². The summed E-state index contributed by atoms with van der Waals surface area (Å²) in [6.07, 6.45) is 2.36. The summed E-state index contributed by atoms with van der Waals surface area (Å²) in [7, 11) is -1.00. The molecule has 1 aromatic rings. The van der Waals surface area contributed by atoms with E-state index in [0.717, 1.165) is 19.4 Å². The van der Waals surface area contributed by atoms with Gasteiger partial charge in [0.05, 0.1) is 6.10 Å². The molecule has 5 nitrogen and oxygen atoms in total. The van der Waals surface area contributed by atoms with Gasteiger partial charge >= 0.3 is 0 Å². The summed E-state index contributed by atoms with van der Waals surface area (Å²) in [6, 6.07) is 7.01. The van der Waals surface area contributed by atoms with E-state index >= 15 is 0 Å². The predicted octanol–water partition coefficient (Wildman–Crippen LogP) is 1.53. The van der Waals surface area contributed by atoms with Crippen molar-refractivity contribution in [3.8, 4) is 0 Å². The molecule has 1 heterocycles. The van der Waals surface area contributed by atoms with E-state index in [4.69, 9.17) is 10.5 Å². The zero-order chi connectivity index (χ0) is 14.4. The van der Waals surface area contributed by atoms with Crippen LogP contribution in [0.3, 0.4) is 0 Å². The number of hydrogen-bond donors (Lipinski definition) is 2. The first kappa shape index (κ1) is 15.0. The van der Waals surface area contributed by atoms with Gasteiger partial charge in [-0.25, -0.2) is 0 Å². The van der Waals surface area contributed by atoms with Crippen molar-refractivity contribution in [2.75, 3.05) is 29.2 Å². The lowest BCUT2D eigenvalue weighted by Gasteiger charge is -2.09. The molecule has 20 heavy (non-hydrogen) atoms. The Kier molecular flexibility index (Phi) is 5.55. The molecule has 3 N–H and O–H groups in total. The molecule has 0 bridgehead atoms. The molecule has 0 spiro atoms. The predicted molar refractivity (Wildman–Crippen MR) is 81.0 cm³/mol. The molecule has 1 aliphatic rings. The molecule has 2 atom stereocenters. The van der Waals surface area contributed by atoms with Crippen LogP contribution in [-0.2, 0) is 20.3 Å². The second-order valence-corrected chi connectivity index (χ2v) is 6.49. The molecule has 1 saturated heterocycles. The van der Waals surface area contributed by atoms with Gasteiger partial charge < -0.3 is 15.8 Å². The molecule has 6 heteroatoms. The Bertz CT molecular complexity index is 487. The van der Waals surface area contributed by atoms with Crippen LogP contribution in [0.25, 0.3) is 0 Å². The summed E-state index contributed by atoms with van der Waals surface area (Å²) < 4.78 is 17.3. The molecule has 0 aliphatic carbocycles. The number of ether oxygens (including phenoxy) is 1. The molecule has 1 fully saturated rings. The topological polar surface area (TPSA) is 81.4 Å². The van der Waals surface area contributed by atoms with E-state index in [-0.39, 0.29) is 18.4 Å². The number of rotatable bonds is 6. The Hall–Kier alpha value is -1.40. The van der Waals surface area contributed by atoms with Gasteiger partial charge in [0.25, 0.3) is 0 Å². The van der Waals surface area contributed by atoms with Crippen LogP contribution in [0.1, 0.15) is 19.3 Å². The largest absolute Gasteiger partial charge is 0.399 e. The number of benzene rings is 1.